The maximum atomic E-state index is 9.25. The van der Waals surface area contributed by atoms with Gasteiger partial charge < -0.3 is 20.4 Å². The van der Waals surface area contributed by atoms with Crippen LogP contribution in [0.25, 0.3) is 0 Å². The molecule has 1 saturated carbocycles. The number of hydrogen-bond acceptors (Lipinski definition) is 4. The smallest absolute Gasteiger partial charge is 0.327 e. The Kier molecular flexibility index (Phi) is 27.3. The van der Waals surface area contributed by atoms with E-state index in [-0.39, 0.29) is 0 Å². The Labute approximate surface area is 178 Å². The molecule has 0 aliphatic heterocycles. The topological polar surface area (TPSA) is 149 Å². The highest BCUT2D eigenvalue weighted by atomic mass is 16.4. The van der Waals surface area contributed by atoms with E-state index in [1.165, 1.54) is 25.7 Å². The van der Waals surface area contributed by atoms with Crippen LogP contribution in [0.2, 0.25) is 0 Å². The molecule has 0 saturated heterocycles. The highest BCUT2D eigenvalue weighted by molar-refractivity contribution is 5.79. The van der Waals surface area contributed by atoms with Crippen molar-refractivity contribution in [3.05, 3.63) is 50.6 Å². The third-order valence-corrected chi connectivity index (χ3v) is 3.70. The van der Waals surface area contributed by atoms with Crippen molar-refractivity contribution in [3.63, 3.8) is 0 Å². The van der Waals surface area contributed by atoms with E-state index in [0.29, 0.717) is 0 Å². The second-order valence-electron chi connectivity index (χ2n) is 6.43. The van der Waals surface area contributed by atoms with Crippen LogP contribution >= 0.6 is 0 Å². The van der Waals surface area contributed by atoms with Crippen molar-refractivity contribution in [3.8, 4) is 0 Å². The van der Waals surface area contributed by atoms with Crippen molar-refractivity contribution in [2.24, 2.45) is 17.8 Å². The second-order valence-corrected chi connectivity index (χ2v) is 6.43. The summed E-state index contributed by atoms with van der Waals surface area (Å²) in [5.41, 5.74) is 0. The first-order valence-electron chi connectivity index (χ1n) is 9.20. The highest BCUT2D eigenvalue weighted by Gasteiger charge is 2.20. The Morgan fingerprint density at radius 3 is 1.00 bits per heavy atom. The zero-order valence-corrected chi connectivity index (χ0v) is 18.1. The molecule has 1 aliphatic carbocycles. The lowest BCUT2D eigenvalue weighted by molar-refractivity contribution is -0.132. The van der Waals surface area contributed by atoms with Crippen LogP contribution in [0.4, 0.5) is 0 Å². The number of carboxylic acids is 4. The molecule has 0 aromatic rings. The van der Waals surface area contributed by atoms with Gasteiger partial charge in [0.05, 0.1) is 0 Å². The Morgan fingerprint density at radius 1 is 0.667 bits per heavy atom. The summed E-state index contributed by atoms with van der Waals surface area (Å²) >= 11 is 0. The van der Waals surface area contributed by atoms with Crippen molar-refractivity contribution in [1.82, 2.24) is 0 Å². The van der Waals surface area contributed by atoms with E-state index in [1.807, 2.05) is 0 Å². The lowest BCUT2D eigenvalue weighted by atomic mass is 9.78. The standard InChI is InChI=1S/C10H20.4C3H4O2/c1-8(2)10-6-4-9(3)5-7-10;4*1-2-3(4)5/h8-10H,4-7H2,1-3H3;4*2H,1H2,(H,4,5). The Balaban J connectivity index is -0.000000148. The molecule has 4 N–H and O–H groups in total. The van der Waals surface area contributed by atoms with Crippen molar-refractivity contribution < 1.29 is 39.6 Å². The number of rotatable bonds is 5. The van der Waals surface area contributed by atoms with Gasteiger partial charge in [-0.2, -0.15) is 0 Å². The predicted octanol–water partition coefficient (Wildman–Crippen LogP) is 4.50. The molecule has 8 nitrogen and oxygen atoms in total. The first kappa shape index (κ1) is 34.4. The third kappa shape index (κ3) is 39.8. The van der Waals surface area contributed by atoms with Gasteiger partial charge in [0.2, 0.25) is 0 Å². The van der Waals surface area contributed by atoms with Crippen LogP contribution in [0.5, 0.6) is 0 Å². The third-order valence-electron chi connectivity index (χ3n) is 3.70. The molecule has 0 aromatic carbocycles. The van der Waals surface area contributed by atoms with E-state index in [4.69, 9.17) is 20.4 Å². The summed E-state index contributed by atoms with van der Waals surface area (Å²) in [6.07, 6.45) is 9.25. The van der Waals surface area contributed by atoms with Gasteiger partial charge in [-0.15, -0.1) is 0 Å². The molecule has 30 heavy (non-hydrogen) atoms. The minimum absolute atomic E-state index is 0.833. The van der Waals surface area contributed by atoms with Gasteiger partial charge >= 0.3 is 23.9 Å². The highest BCUT2D eigenvalue weighted by Crippen LogP contribution is 2.32. The zero-order valence-electron chi connectivity index (χ0n) is 18.1. The fourth-order valence-electron chi connectivity index (χ4n) is 1.95. The Morgan fingerprint density at radius 2 is 0.867 bits per heavy atom. The fraction of sp³-hybridized carbons (Fsp3) is 0.455. The average molecular weight is 429 g/mol. The number of carboxylic acid groups (broad SMARTS) is 4. The maximum Gasteiger partial charge on any atom is 0.327 e. The normalized spacial score (nSPS) is 15.9. The van der Waals surface area contributed by atoms with Gasteiger partial charge in [0.15, 0.2) is 0 Å². The lowest BCUT2D eigenvalue weighted by Gasteiger charge is -2.28. The summed E-state index contributed by atoms with van der Waals surface area (Å²) in [6, 6.07) is 0. The molecule has 0 radical (unpaired) electrons. The van der Waals surface area contributed by atoms with Crippen LogP contribution in [-0.2, 0) is 19.2 Å². The predicted molar refractivity (Wildman–Crippen MR) is 117 cm³/mol. The largest absolute Gasteiger partial charge is 0.478 e. The van der Waals surface area contributed by atoms with E-state index in [2.05, 4.69) is 47.1 Å². The summed E-state index contributed by atoms with van der Waals surface area (Å²) in [5, 5.41) is 30.4. The van der Waals surface area contributed by atoms with Gasteiger partial charge in [-0.1, -0.05) is 59.9 Å². The van der Waals surface area contributed by atoms with Crippen molar-refractivity contribution in [1.29, 1.82) is 0 Å². The number of aliphatic carboxylic acids is 4. The molecule has 8 heteroatoms. The molecule has 0 bridgehead atoms. The van der Waals surface area contributed by atoms with Gasteiger partial charge in [-0.05, 0) is 30.6 Å². The molecular weight excluding hydrogens is 392 g/mol. The van der Waals surface area contributed by atoms with Crippen LogP contribution in [0.15, 0.2) is 50.6 Å². The van der Waals surface area contributed by atoms with E-state index < -0.39 is 23.9 Å². The molecule has 0 spiro atoms. The Hall–Kier alpha value is -3.16. The quantitative estimate of drug-likeness (QED) is 0.468. The first-order chi connectivity index (χ1) is 13.8. The summed E-state index contributed by atoms with van der Waals surface area (Å²) in [6.45, 7) is 19.0. The minimum atomic E-state index is -0.981. The van der Waals surface area contributed by atoms with Crippen LogP contribution in [-0.4, -0.2) is 44.3 Å². The molecule has 1 rings (SSSR count). The summed E-state index contributed by atoms with van der Waals surface area (Å²) in [7, 11) is 0. The van der Waals surface area contributed by atoms with Gasteiger partial charge in [0, 0.05) is 24.3 Å². The van der Waals surface area contributed by atoms with Crippen molar-refractivity contribution >= 4 is 23.9 Å². The van der Waals surface area contributed by atoms with E-state index in [1.54, 1.807) is 0 Å². The summed E-state index contributed by atoms with van der Waals surface area (Å²) in [5.74, 6) is -0.955. The first-order valence-corrected chi connectivity index (χ1v) is 9.20. The van der Waals surface area contributed by atoms with Crippen molar-refractivity contribution in [2.45, 2.75) is 46.5 Å². The average Bonchev–Trinajstić information content (AvgIpc) is 2.69. The van der Waals surface area contributed by atoms with E-state index in [0.717, 1.165) is 42.1 Å². The maximum absolute atomic E-state index is 9.25. The molecule has 0 atom stereocenters. The summed E-state index contributed by atoms with van der Waals surface area (Å²) < 4.78 is 0. The Bertz CT molecular complexity index is 469. The monoisotopic (exact) mass is 428 g/mol. The van der Waals surface area contributed by atoms with Gasteiger partial charge in [0.25, 0.3) is 0 Å². The number of hydrogen-bond donors (Lipinski definition) is 4. The van der Waals surface area contributed by atoms with E-state index in [9.17, 15) is 19.2 Å². The van der Waals surface area contributed by atoms with Crippen LogP contribution in [0.3, 0.4) is 0 Å². The SMILES string of the molecule is C=CC(=O)O.C=CC(=O)O.C=CC(=O)O.C=CC(=O)O.CC1CCC(C(C)C)CC1. The fourth-order valence-corrected chi connectivity index (χ4v) is 1.95. The molecule has 0 heterocycles. The second kappa shape index (κ2) is 23.9. The van der Waals surface area contributed by atoms with Crippen LogP contribution in [0, 0.1) is 17.8 Å². The van der Waals surface area contributed by atoms with Gasteiger partial charge in [-0.3, -0.25) is 0 Å². The van der Waals surface area contributed by atoms with Gasteiger partial charge in [-0.25, -0.2) is 19.2 Å². The lowest BCUT2D eigenvalue weighted by Crippen LogP contribution is -2.16. The summed E-state index contributed by atoms with van der Waals surface area (Å²) in [4.78, 5) is 37.0. The van der Waals surface area contributed by atoms with Crippen LogP contribution in [0.1, 0.15) is 46.5 Å². The van der Waals surface area contributed by atoms with Gasteiger partial charge in [0.1, 0.15) is 0 Å². The molecule has 172 valence electrons. The zero-order chi connectivity index (χ0) is 24.7. The van der Waals surface area contributed by atoms with Crippen molar-refractivity contribution in [2.75, 3.05) is 0 Å². The molecule has 1 fully saturated rings. The molecule has 0 amide bonds. The molecule has 0 unspecified atom stereocenters. The molecular formula is C22H36O8. The van der Waals surface area contributed by atoms with Crippen LogP contribution < -0.4 is 0 Å². The molecule has 1 aliphatic rings. The van der Waals surface area contributed by atoms with E-state index >= 15 is 0 Å². The molecule has 0 aromatic heterocycles. The minimum Gasteiger partial charge on any atom is -0.478 e. The number of carbonyl (C=O) groups is 4.